The van der Waals surface area contributed by atoms with E-state index in [1.54, 1.807) is 45.0 Å². The maximum absolute atomic E-state index is 12.4. The molecule has 0 aliphatic heterocycles. The number of aromatic nitrogens is 2. The van der Waals surface area contributed by atoms with Crippen LogP contribution in [0.3, 0.4) is 0 Å². The van der Waals surface area contributed by atoms with E-state index in [0.29, 0.717) is 16.9 Å². The van der Waals surface area contributed by atoms with Gasteiger partial charge in [0.15, 0.2) is 11.8 Å². The minimum Gasteiger partial charge on any atom is -0.449 e. The van der Waals surface area contributed by atoms with E-state index in [1.165, 1.54) is 19.3 Å². The number of esters is 1. The van der Waals surface area contributed by atoms with Crippen LogP contribution in [-0.4, -0.2) is 33.7 Å². The number of aryl methyl sites for hydroxylation is 1. The van der Waals surface area contributed by atoms with Crippen molar-refractivity contribution in [2.75, 3.05) is 5.32 Å². The average molecular weight is 355 g/mol. The molecule has 1 amide bonds. The molecule has 7 heteroatoms. The largest absolute Gasteiger partial charge is 0.449 e. The first-order valence-electron chi connectivity index (χ1n) is 8.22. The van der Waals surface area contributed by atoms with Crippen molar-refractivity contribution in [3.8, 4) is 0 Å². The summed E-state index contributed by atoms with van der Waals surface area (Å²) < 4.78 is 5.16. The first-order valence-corrected chi connectivity index (χ1v) is 8.22. The van der Waals surface area contributed by atoms with Gasteiger partial charge in [0.25, 0.3) is 0 Å². The van der Waals surface area contributed by atoms with Gasteiger partial charge in [-0.2, -0.15) is 0 Å². The summed E-state index contributed by atoms with van der Waals surface area (Å²) in [5, 5.41) is 2.74. The summed E-state index contributed by atoms with van der Waals surface area (Å²) in [4.78, 5) is 44.0. The number of hydrogen-bond acceptors (Lipinski definition) is 6. The van der Waals surface area contributed by atoms with Crippen molar-refractivity contribution in [2.24, 2.45) is 5.92 Å². The Balaban J connectivity index is 2.00. The summed E-state index contributed by atoms with van der Waals surface area (Å²) in [6.45, 7) is 6.83. The number of rotatable bonds is 6. The van der Waals surface area contributed by atoms with E-state index in [4.69, 9.17) is 4.74 Å². The van der Waals surface area contributed by atoms with Crippen molar-refractivity contribution in [1.82, 2.24) is 9.97 Å². The van der Waals surface area contributed by atoms with Crippen LogP contribution in [0.15, 0.2) is 36.7 Å². The molecule has 2 aromatic rings. The van der Waals surface area contributed by atoms with E-state index in [2.05, 4.69) is 15.3 Å². The molecule has 2 rings (SSSR count). The highest BCUT2D eigenvalue weighted by Crippen LogP contribution is 2.14. The number of anilines is 1. The zero-order chi connectivity index (χ0) is 19.3. The number of ketones is 1. The van der Waals surface area contributed by atoms with Gasteiger partial charge in [0.2, 0.25) is 11.7 Å². The van der Waals surface area contributed by atoms with Crippen LogP contribution in [-0.2, 0) is 9.53 Å². The maximum Gasteiger partial charge on any atom is 0.359 e. The van der Waals surface area contributed by atoms with Crippen LogP contribution >= 0.6 is 0 Å². The van der Waals surface area contributed by atoms with E-state index in [0.717, 1.165) is 0 Å². The van der Waals surface area contributed by atoms with Crippen LogP contribution in [0.4, 0.5) is 5.69 Å². The van der Waals surface area contributed by atoms with Gasteiger partial charge >= 0.3 is 5.97 Å². The van der Waals surface area contributed by atoms with Crippen molar-refractivity contribution in [3.05, 3.63) is 53.6 Å². The highest BCUT2D eigenvalue weighted by atomic mass is 16.5. The fraction of sp³-hybridized carbons (Fsp3) is 0.316. The molecule has 136 valence electrons. The number of benzene rings is 1. The second-order valence-corrected chi connectivity index (χ2v) is 6.18. The maximum atomic E-state index is 12.4. The molecule has 1 atom stereocenters. The molecule has 0 radical (unpaired) electrons. The standard InChI is InChI=1S/C19H21N3O4/c1-11(2)18(24)22-15-7-5-14(6-8-15)17(23)13(4)26-19(25)16-10-20-12(3)9-21-16/h5-11,13H,1-4H3,(H,22,24)/t13-/m1/s1. The lowest BCUT2D eigenvalue weighted by Gasteiger charge is -2.13. The number of amides is 1. The van der Waals surface area contributed by atoms with E-state index in [-0.39, 0.29) is 23.3 Å². The van der Waals surface area contributed by atoms with Gasteiger partial charge in [0.1, 0.15) is 0 Å². The topological polar surface area (TPSA) is 98.2 Å². The Morgan fingerprint density at radius 3 is 2.19 bits per heavy atom. The minimum atomic E-state index is -0.971. The van der Waals surface area contributed by atoms with Crippen molar-refractivity contribution < 1.29 is 19.1 Å². The lowest BCUT2D eigenvalue weighted by molar-refractivity contribution is -0.118. The summed E-state index contributed by atoms with van der Waals surface area (Å²) in [5.41, 5.74) is 1.69. The summed E-state index contributed by atoms with van der Waals surface area (Å²) in [6, 6.07) is 6.42. The number of Topliss-reactive ketones (excluding diaryl/α,β-unsaturated/α-hetero) is 1. The summed E-state index contributed by atoms with van der Waals surface area (Å²) in [7, 11) is 0. The van der Waals surface area contributed by atoms with Gasteiger partial charge in [-0.25, -0.2) is 9.78 Å². The van der Waals surface area contributed by atoms with Crippen LogP contribution in [0, 0.1) is 12.8 Å². The average Bonchev–Trinajstić information content (AvgIpc) is 2.62. The smallest absolute Gasteiger partial charge is 0.359 e. The highest BCUT2D eigenvalue weighted by Gasteiger charge is 2.21. The van der Waals surface area contributed by atoms with Gasteiger partial charge in [0.05, 0.1) is 11.9 Å². The Morgan fingerprint density at radius 2 is 1.65 bits per heavy atom. The molecule has 0 saturated carbocycles. The molecular formula is C19H21N3O4. The predicted octanol–water partition coefficient (Wildman–Crippen LogP) is 2.81. The number of ether oxygens (including phenoxy) is 1. The summed E-state index contributed by atoms with van der Waals surface area (Å²) >= 11 is 0. The molecule has 1 heterocycles. The number of nitrogens with zero attached hydrogens (tertiary/aromatic N) is 2. The molecule has 0 spiro atoms. The Morgan fingerprint density at radius 1 is 1.00 bits per heavy atom. The normalized spacial score (nSPS) is 11.7. The van der Waals surface area contributed by atoms with Crippen LogP contribution in [0.1, 0.15) is 47.3 Å². The predicted molar refractivity (Wildman–Crippen MR) is 95.9 cm³/mol. The van der Waals surface area contributed by atoms with Gasteiger partial charge in [-0.15, -0.1) is 0 Å². The lowest BCUT2D eigenvalue weighted by Crippen LogP contribution is -2.25. The van der Waals surface area contributed by atoms with E-state index in [9.17, 15) is 14.4 Å². The number of carbonyl (C=O) groups excluding carboxylic acids is 3. The molecule has 0 saturated heterocycles. The minimum absolute atomic E-state index is 0.0435. The van der Waals surface area contributed by atoms with Gasteiger partial charge in [-0.1, -0.05) is 13.8 Å². The zero-order valence-corrected chi connectivity index (χ0v) is 15.1. The Hall–Kier alpha value is -3.09. The highest BCUT2D eigenvalue weighted by molar-refractivity contribution is 6.01. The van der Waals surface area contributed by atoms with Gasteiger partial charge in [-0.3, -0.25) is 14.6 Å². The Labute approximate surface area is 151 Å². The second kappa shape index (κ2) is 8.33. The van der Waals surface area contributed by atoms with Crippen molar-refractivity contribution in [3.63, 3.8) is 0 Å². The SMILES string of the molecule is Cc1cnc(C(=O)O[C@H](C)C(=O)c2ccc(NC(=O)C(C)C)cc2)cn1. The van der Waals surface area contributed by atoms with E-state index >= 15 is 0 Å². The van der Waals surface area contributed by atoms with Crippen molar-refractivity contribution in [2.45, 2.75) is 33.8 Å². The summed E-state index contributed by atoms with van der Waals surface area (Å²) in [6.07, 6.45) is 1.79. The van der Waals surface area contributed by atoms with Gasteiger partial charge in [0, 0.05) is 23.4 Å². The molecule has 26 heavy (non-hydrogen) atoms. The van der Waals surface area contributed by atoms with Crippen LogP contribution in [0.5, 0.6) is 0 Å². The first-order chi connectivity index (χ1) is 12.3. The molecule has 1 N–H and O–H groups in total. The number of carbonyl (C=O) groups is 3. The van der Waals surface area contributed by atoms with E-state index < -0.39 is 12.1 Å². The Bertz CT molecular complexity index is 799. The zero-order valence-electron chi connectivity index (χ0n) is 15.1. The van der Waals surface area contributed by atoms with Crippen LogP contribution in [0.25, 0.3) is 0 Å². The van der Waals surface area contributed by atoms with Crippen LogP contribution in [0.2, 0.25) is 0 Å². The van der Waals surface area contributed by atoms with Crippen molar-refractivity contribution >= 4 is 23.3 Å². The third kappa shape index (κ3) is 4.95. The third-order valence-electron chi connectivity index (χ3n) is 3.60. The molecule has 1 aromatic carbocycles. The molecule has 0 fully saturated rings. The van der Waals surface area contributed by atoms with Crippen molar-refractivity contribution in [1.29, 1.82) is 0 Å². The lowest BCUT2D eigenvalue weighted by atomic mass is 10.1. The third-order valence-corrected chi connectivity index (χ3v) is 3.60. The molecule has 7 nitrogen and oxygen atoms in total. The molecule has 0 aliphatic rings. The van der Waals surface area contributed by atoms with Gasteiger partial charge < -0.3 is 10.1 Å². The molecule has 1 aromatic heterocycles. The molecule has 0 unspecified atom stereocenters. The van der Waals surface area contributed by atoms with Crippen LogP contribution < -0.4 is 5.32 Å². The number of hydrogen-bond donors (Lipinski definition) is 1. The summed E-state index contributed by atoms with van der Waals surface area (Å²) in [5.74, 6) is -1.30. The quantitative estimate of drug-likeness (QED) is 0.632. The fourth-order valence-corrected chi connectivity index (χ4v) is 2.01. The molecule has 0 bridgehead atoms. The monoisotopic (exact) mass is 355 g/mol. The second-order valence-electron chi connectivity index (χ2n) is 6.18. The van der Waals surface area contributed by atoms with Gasteiger partial charge in [-0.05, 0) is 38.1 Å². The number of nitrogens with one attached hydrogen (secondary N) is 1. The first kappa shape index (κ1) is 19.2. The molecule has 0 aliphatic carbocycles. The Kier molecular flexibility index (Phi) is 6.16. The fourth-order valence-electron chi connectivity index (χ4n) is 2.01. The van der Waals surface area contributed by atoms with E-state index in [1.807, 2.05) is 0 Å². The molecular weight excluding hydrogens is 334 g/mol.